The van der Waals surface area contributed by atoms with E-state index >= 15 is 0 Å². The van der Waals surface area contributed by atoms with E-state index < -0.39 is 0 Å². The van der Waals surface area contributed by atoms with Gasteiger partial charge >= 0.3 is 0 Å². The lowest BCUT2D eigenvalue weighted by Crippen LogP contribution is -2.22. The number of Topliss-reactive ketones (excluding diaryl/α,β-unsaturated/α-hetero) is 1. The Morgan fingerprint density at radius 3 is 2.31 bits per heavy atom. The molecule has 0 heterocycles. The van der Waals surface area contributed by atoms with Gasteiger partial charge < -0.3 is 0 Å². The Morgan fingerprint density at radius 1 is 0.769 bits per heavy atom. The first-order valence-electron chi connectivity index (χ1n) is 9.56. The Morgan fingerprint density at radius 2 is 1.50 bits per heavy atom. The normalized spacial score (nSPS) is 20.9. The van der Waals surface area contributed by atoms with Gasteiger partial charge in [-0.1, -0.05) is 73.7 Å². The third-order valence-corrected chi connectivity index (χ3v) is 6.35. The molecule has 0 aliphatic heterocycles. The summed E-state index contributed by atoms with van der Waals surface area (Å²) in [5.41, 5.74) is 8.85. The van der Waals surface area contributed by atoms with Crippen molar-refractivity contribution >= 4 is 5.78 Å². The third kappa shape index (κ3) is 2.27. The van der Waals surface area contributed by atoms with Gasteiger partial charge in [0.05, 0.1) is 0 Å². The van der Waals surface area contributed by atoms with E-state index in [-0.39, 0.29) is 5.78 Å². The predicted octanol–water partition coefficient (Wildman–Crippen LogP) is 5.93. The molecular weight excluding hydrogens is 316 g/mol. The van der Waals surface area contributed by atoms with Gasteiger partial charge in [0, 0.05) is 12.0 Å². The zero-order valence-electron chi connectivity index (χ0n) is 15.0. The molecule has 2 aliphatic rings. The molecule has 0 amide bonds. The molecule has 2 unspecified atom stereocenters. The van der Waals surface area contributed by atoms with Crippen LogP contribution in [0.4, 0.5) is 0 Å². The number of fused-ring (bicyclic) bond motifs is 5. The lowest BCUT2D eigenvalue weighted by molar-refractivity contribution is 0.0991. The Labute approximate surface area is 154 Å². The van der Waals surface area contributed by atoms with E-state index in [1.807, 2.05) is 18.2 Å². The number of rotatable bonds is 1. The molecule has 0 fully saturated rings. The van der Waals surface area contributed by atoms with Crippen LogP contribution in [0.5, 0.6) is 0 Å². The van der Waals surface area contributed by atoms with Crippen LogP contribution in [0.1, 0.15) is 57.8 Å². The van der Waals surface area contributed by atoms with Gasteiger partial charge in [-0.15, -0.1) is 0 Å². The van der Waals surface area contributed by atoms with E-state index in [0.29, 0.717) is 18.3 Å². The molecule has 3 aromatic rings. The van der Waals surface area contributed by atoms with E-state index in [1.54, 1.807) is 0 Å². The average molecular weight is 338 g/mol. The predicted molar refractivity (Wildman–Crippen MR) is 106 cm³/mol. The van der Waals surface area contributed by atoms with Gasteiger partial charge in [0.2, 0.25) is 0 Å². The highest BCUT2D eigenvalue weighted by molar-refractivity contribution is 6.07. The fourth-order valence-corrected chi connectivity index (χ4v) is 5.03. The largest absolute Gasteiger partial charge is 0.294 e. The minimum atomic E-state index is 0.263. The molecule has 2 aliphatic carbocycles. The molecule has 0 aromatic heterocycles. The second kappa shape index (κ2) is 5.95. The molecule has 0 radical (unpaired) electrons. The van der Waals surface area contributed by atoms with Gasteiger partial charge in [0.1, 0.15) is 0 Å². The molecule has 2 atom stereocenters. The van der Waals surface area contributed by atoms with Crippen LogP contribution < -0.4 is 0 Å². The van der Waals surface area contributed by atoms with E-state index in [0.717, 1.165) is 24.0 Å². The summed E-state index contributed by atoms with van der Waals surface area (Å²) in [4.78, 5) is 12.7. The van der Waals surface area contributed by atoms with Crippen LogP contribution >= 0.6 is 0 Å². The van der Waals surface area contributed by atoms with Crippen molar-refractivity contribution in [2.24, 2.45) is 0 Å². The van der Waals surface area contributed by atoms with E-state index in [9.17, 15) is 4.79 Å². The molecule has 26 heavy (non-hydrogen) atoms. The van der Waals surface area contributed by atoms with Crippen molar-refractivity contribution in [3.63, 3.8) is 0 Å². The smallest absolute Gasteiger partial charge is 0.167 e. The second-order valence-electron chi connectivity index (χ2n) is 7.65. The van der Waals surface area contributed by atoms with Crippen molar-refractivity contribution in [2.75, 3.05) is 0 Å². The number of carbonyl (C=O) groups is 1. The topological polar surface area (TPSA) is 17.1 Å². The summed E-state index contributed by atoms with van der Waals surface area (Å²) in [7, 11) is 0. The average Bonchev–Trinajstić information content (AvgIpc) is 2.69. The SMILES string of the molecule is CC1c2ccc3c(c2CCC1c1ccccc1)CC(=O)c1ccccc1-3. The van der Waals surface area contributed by atoms with Crippen LogP contribution in [0.25, 0.3) is 11.1 Å². The molecule has 3 aromatic carbocycles. The maximum Gasteiger partial charge on any atom is 0.167 e. The molecule has 1 heteroatoms. The number of ketones is 1. The van der Waals surface area contributed by atoms with E-state index in [2.05, 4.69) is 55.5 Å². The standard InChI is InChI=1S/C25H22O/c1-16-18(17-7-3-2-4-8-17)11-13-21-19(16)12-14-22-20-9-5-6-10-23(20)25(26)15-24(21)22/h2-10,12,14,16,18H,11,13,15H2,1H3. The van der Waals surface area contributed by atoms with Crippen molar-refractivity contribution in [2.45, 2.75) is 38.0 Å². The van der Waals surface area contributed by atoms with Crippen molar-refractivity contribution in [3.05, 3.63) is 94.5 Å². The maximum atomic E-state index is 12.7. The van der Waals surface area contributed by atoms with Gasteiger partial charge in [0.25, 0.3) is 0 Å². The quantitative estimate of drug-likeness (QED) is 0.538. The summed E-state index contributed by atoms with van der Waals surface area (Å²) in [6.45, 7) is 2.35. The number of hydrogen-bond acceptors (Lipinski definition) is 1. The molecule has 0 N–H and O–H groups in total. The van der Waals surface area contributed by atoms with Gasteiger partial charge in [-0.3, -0.25) is 4.79 Å². The molecule has 5 rings (SSSR count). The van der Waals surface area contributed by atoms with Crippen molar-refractivity contribution in [3.8, 4) is 11.1 Å². The molecule has 0 bridgehead atoms. The van der Waals surface area contributed by atoms with Crippen molar-refractivity contribution in [1.82, 2.24) is 0 Å². The highest BCUT2D eigenvalue weighted by atomic mass is 16.1. The first-order valence-corrected chi connectivity index (χ1v) is 9.56. The summed E-state index contributed by atoms with van der Waals surface area (Å²) < 4.78 is 0. The molecule has 0 spiro atoms. The van der Waals surface area contributed by atoms with E-state index in [1.165, 1.54) is 27.8 Å². The van der Waals surface area contributed by atoms with Crippen LogP contribution in [-0.2, 0) is 12.8 Å². The first-order chi connectivity index (χ1) is 12.7. The Kier molecular flexibility index (Phi) is 3.56. The summed E-state index contributed by atoms with van der Waals surface area (Å²) in [6.07, 6.45) is 2.78. The van der Waals surface area contributed by atoms with Crippen LogP contribution in [0.15, 0.2) is 66.7 Å². The Balaban J connectivity index is 1.62. The summed E-state index contributed by atoms with van der Waals surface area (Å²) >= 11 is 0. The third-order valence-electron chi connectivity index (χ3n) is 6.35. The van der Waals surface area contributed by atoms with Crippen molar-refractivity contribution in [1.29, 1.82) is 0 Å². The van der Waals surface area contributed by atoms with Gasteiger partial charge in [-0.25, -0.2) is 0 Å². The fraction of sp³-hybridized carbons (Fsp3) is 0.240. The molecule has 0 saturated heterocycles. The van der Waals surface area contributed by atoms with E-state index in [4.69, 9.17) is 0 Å². The molecular formula is C25H22O. The summed E-state index contributed by atoms with van der Waals surface area (Å²) in [6, 6.07) is 23.5. The monoisotopic (exact) mass is 338 g/mol. The van der Waals surface area contributed by atoms with Crippen LogP contribution in [0, 0.1) is 0 Å². The van der Waals surface area contributed by atoms with Crippen molar-refractivity contribution < 1.29 is 4.79 Å². The molecule has 1 nitrogen and oxygen atoms in total. The lowest BCUT2D eigenvalue weighted by Gasteiger charge is -2.35. The van der Waals surface area contributed by atoms with Gasteiger partial charge in [-0.05, 0) is 58.1 Å². The molecule has 128 valence electrons. The van der Waals surface area contributed by atoms with Crippen LogP contribution in [0.2, 0.25) is 0 Å². The van der Waals surface area contributed by atoms with Crippen LogP contribution in [0.3, 0.4) is 0 Å². The lowest BCUT2D eigenvalue weighted by atomic mass is 9.69. The van der Waals surface area contributed by atoms with Gasteiger partial charge in [-0.2, -0.15) is 0 Å². The number of carbonyl (C=O) groups excluding carboxylic acids is 1. The highest BCUT2D eigenvalue weighted by Gasteiger charge is 2.32. The fourth-order valence-electron chi connectivity index (χ4n) is 5.03. The highest BCUT2D eigenvalue weighted by Crippen LogP contribution is 2.46. The minimum absolute atomic E-state index is 0.263. The van der Waals surface area contributed by atoms with Gasteiger partial charge in [0.15, 0.2) is 5.78 Å². The number of benzene rings is 3. The first kappa shape index (κ1) is 15.6. The maximum absolute atomic E-state index is 12.7. The Hall–Kier alpha value is -2.67. The molecule has 0 saturated carbocycles. The minimum Gasteiger partial charge on any atom is -0.294 e. The second-order valence-corrected chi connectivity index (χ2v) is 7.65. The summed E-state index contributed by atoms with van der Waals surface area (Å²) in [5, 5.41) is 0. The zero-order valence-corrected chi connectivity index (χ0v) is 15.0. The summed E-state index contributed by atoms with van der Waals surface area (Å²) in [5.74, 6) is 1.31. The number of hydrogen-bond donors (Lipinski definition) is 0. The van der Waals surface area contributed by atoms with Crippen LogP contribution in [-0.4, -0.2) is 5.78 Å². The zero-order chi connectivity index (χ0) is 17.7. The Bertz CT molecular complexity index is 1000.